The fourth-order valence-electron chi connectivity index (χ4n) is 1.94. The first-order valence-electron chi connectivity index (χ1n) is 6.01. The van der Waals surface area contributed by atoms with Crippen LogP contribution in [0.2, 0.25) is 0 Å². The predicted molar refractivity (Wildman–Crippen MR) is 80.7 cm³/mol. The first kappa shape index (κ1) is 14.4. The number of nitrogens with zero attached hydrogens (tertiary/aromatic N) is 2. The Morgan fingerprint density at radius 2 is 2.10 bits per heavy atom. The van der Waals surface area contributed by atoms with Crippen LogP contribution in [0.5, 0.6) is 5.75 Å². The molecule has 0 spiro atoms. The van der Waals surface area contributed by atoms with Gasteiger partial charge in [-0.25, -0.2) is 0 Å². The van der Waals surface area contributed by atoms with E-state index in [1.807, 2.05) is 24.3 Å². The van der Waals surface area contributed by atoms with Crippen molar-refractivity contribution in [1.29, 1.82) is 5.26 Å². The molecule has 5 heteroatoms. The highest BCUT2D eigenvalue weighted by Gasteiger charge is 2.09. The number of benzene rings is 1. The smallest absolute Gasteiger partial charge is 0.253 e. The van der Waals surface area contributed by atoms with E-state index in [0.29, 0.717) is 11.3 Å². The van der Waals surface area contributed by atoms with Gasteiger partial charge in [-0.05, 0) is 47.1 Å². The highest BCUT2D eigenvalue weighted by atomic mass is 79.9. The van der Waals surface area contributed by atoms with Gasteiger partial charge in [0, 0.05) is 22.6 Å². The summed E-state index contributed by atoms with van der Waals surface area (Å²) >= 11 is 3.47. The van der Waals surface area contributed by atoms with E-state index in [1.165, 1.54) is 0 Å². The van der Waals surface area contributed by atoms with Crippen LogP contribution in [0.4, 0.5) is 0 Å². The number of ether oxygens (including phenoxy) is 1. The average molecular weight is 333 g/mol. The molecule has 2 aromatic rings. The Balaban J connectivity index is 2.47. The Kier molecular flexibility index (Phi) is 4.26. The number of pyridine rings is 1. The molecule has 0 saturated carbocycles. The van der Waals surface area contributed by atoms with Gasteiger partial charge >= 0.3 is 0 Å². The van der Waals surface area contributed by atoms with Crippen molar-refractivity contribution in [2.75, 3.05) is 6.61 Å². The van der Waals surface area contributed by atoms with Crippen molar-refractivity contribution in [2.24, 2.45) is 7.05 Å². The highest BCUT2D eigenvalue weighted by Crippen LogP contribution is 2.30. The Morgan fingerprint density at radius 3 is 2.75 bits per heavy atom. The summed E-state index contributed by atoms with van der Waals surface area (Å²) in [5, 5.41) is 8.50. The van der Waals surface area contributed by atoms with Gasteiger partial charge in [0.05, 0.1) is 5.69 Å². The quantitative estimate of drug-likeness (QED) is 0.868. The number of hydrogen-bond acceptors (Lipinski definition) is 3. The van der Waals surface area contributed by atoms with Crippen LogP contribution >= 0.6 is 15.9 Å². The van der Waals surface area contributed by atoms with Gasteiger partial charge < -0.3 is 9.30 Å². The molecule has 4 nitrogen and oxygen atoms in total. The van der Waals surface area contributed by atoms with E-state index in [1.54, 1.807) is 30.7 Å². The maximum atomic E-state index is 12.0. The van der Waals surface area contributed by atoms with Crippen LogP contribution in [-0.2, 0) is 7.05 Å². The van der Waals surface area contributed by atoms with Crippen LogP contribution in [0.25, 0.3) is 11.3 Å². The van der Waals surface area contributed by atoms with E-state index in [-0.39, 0.29) is 12.2 Å². The van der Waals surface area contributed by atoms with Crippen molar-refractivity contribution in [3.63, 3.8) is 0 Å². The van der Waals surface area contributed by atoms with Gasteiger partial charge in [-0.2, -0.15) is 5.26 Å². The monoisotopic (exact) mass is 332 g/mol. The predicted octanol–water partition coefficient (Wildman–Crippen LogP) is 3.03. The average Bonchev–Trinajstić information content (AvgIpc) is 2.44. The lowest BCUT2D eigenvalue weighted by Gasteiger charge is -2.12. The molecule has 1 aromatic carbocycles. The Hall–Kier alpha value is -2.06. The van der Waals surface area contributed by atoms with E-state index < -0.39 is 0 Å². The lowest BCUT2D eigenvalue weighted by molar-refractivity contribution is 0.368. The number of aryl methyl sites for hydroxylation is 1. The lowest BCUT2D eigenvalue weighted by Crippen LogP contribution is -2.20. The summed E-state index contributed by atoms with van der Waals surface area (Å²) in [5.41, 5.74) is 2.41. The van der Waals surface area contributed by atoms with Crippen molar-refractivity contribution in [3.8, 4) is 23.1 Å². The fraction of sp³-hybridized carbons (Fsp3) is 0.200. The van der Waals surface area contributed by atoms with Gasteiger partial charge in [-0.1, -0.05) is 6.07 Å². The molecule has 0 aliphatic heterocycles. The summed E-state index contributed by atoms with van der Waals surface area (Å²) < 4.78 is 7.67. The molecule has 0 bridgehead atoms. The number of nitriles is 1. The molecular weight excluding hydrogens is 320 g/mol. The lowest BCUT2D eigenvalue weighted by atomic mass is 10.1. The Morgan fingerprint density at radius 1 is 1.35 bits per heavy atom. The summed E-state index contributed by atoms with van der Waals surface area (Å²) in [6, 6.07) is 11.1. The number of rotatable bonds is 3. The molecule has 0 saturated heterocycles. The molecule has 0 atom stereocenters. The van der Waals surface area contributed by atoms with Gasteiger partial charge in [-0.3, -0.25) is 4.79 Å². The van der Waals surface area contributed by atoms with E-state index >= 15 is 0 Å². The van der Waals surface area contributed by atoms with Crippen LogP contribution in [0.15, 0.2) is 39.6 Å². The second-order valence-corrected chi connectivity index (χ2v) is 5.21. The molecule has 2 rings (SSSR count). The molecule has 0 amide bonds. The molecule has 1 heterocycles. The third-order valence-corrected chi connectivity index (χ3v) is 3.67. The van der Waals surface area contributed by atoms with Crippen LogP contribution in [0.1, 0.15) is 5.56 Å². The molecule has 20 heavy (non-hydrogen) atoms. The molecule has 0 fully saturated rings. The van der Waals surface area contributed by atoms with Gasteiger partial charge in [0.2, 0.25) is 0 Å². The molecule has 0 aliphatic carbocycles. The zero-order valence-electron chi connectivity index (χ0n) is 11.2. The van der Waals surface area contributed by atoms with Gasteiger partial charge in [0.15, 0.2) is 6.61 Å². The molecule has 0 unspecified atom stereocenters. The summed E-state index contributed by atoms with van der Waals surface area (Å²) in [7, 11) is 1.75. The summed E-state index contributed by atoms with van der Waals surface area (Å²) in [4.78, 5) is 12.0. The third kappa shape index (κ3) is 2.75. The topological polar surface area (TPSA) is 55.0 Å². The van der Waals surface area contributed by atoms with Crippen LogP contribution in [0, 0.1) is 18.3 Å². The summed E-state index contributed by atoms with van der Waals surface area (Å²) in [6.07, 6.45) is 0. The molecule has 0 aliphatic rings. The summed E-state index contributed by atoms with van der Waals surface area (Å²) in [6.45, 7) is 1.80. The van der Waals surface area contributed by atoms with E-state index in [4.69, 9.17) is 10.00 Å². The van der Waals surface area contributed by atoms with Crippen molar-refractivity contribution >= 4 is 15.9 Å². The highest BCUT2D eigenvalue weighted by molar-refractivity contribution is 9.10. The third-order valence-electron chi connectivity index (χ3n) is 3.01. The van der Waals surface area contributed by atoms with Gasteiger partial charge in [0.1, 0.15) is 11.8 Å². The first-order chi connectivity index (χ1) is 9.54. The van der Waals surface area contributed by atoms with Crippen LogP contribution in [-0.4, -0.2) is 11.2 Å². The van der Waals surface area contributed by atoms with Crippen molar-refractivity contribution in [2.45, 2.75) is 6.92 Å². The minimum absolute atomic E-state index is 0.00873. The zero-order valence-corrected chi connectivity index (χ0v) is 12.8. The van der Waals surface area contributed by atoms with Crippen LogP contribution in [0.3, 0.4) is 0 Å². The fourth-order valence-corrected chi connectivity index (χ4v) is 2.50. The Bertz CT molecular complexity index is 745. The zero-order chi connectivity index (χ0) is 14.7. The second kappa shape index (κ2) is 5.93. The van der Waals surface area contributed by atoms with Gasteiger partial charge in [0.25, 0.3) is 5.56 Å². The maximum Gasteiger partial charge on any atom is 0.253 e. The minimum Gasteiger partial charge on any atom is -0.479 e. The van der Waals surface area contributed by atoms with Crippen molar-refractivity contribution in [3.05, 3.63) is 50.7 Å². The molecular formula is C15H13BrN2O2. The largest absolute Gasteiger partial charge is 0.479 e. The second-order valence-electron chi connectivity index (χ2n) is 4.35. The normalized spacial score (nSPS) is 10.1. The molecule has 0 N–H and O–H groups in total. The van der Waals surface area contributed by atoms with E-state index in [9.17, 15) is 4.79 Å². The first-order valence-corrected chi connectivity index (χ1v) is 6.80. The molecule has 1 aromatic heterocycles. The van der Waals surface area contributed by atoms with E-state index in [0.717, 1.165) is 15.7 Å². The van der Waals surface area contributed by atoms with Crippen LogP contribution < -0.4 is 10.3 Å². The molecule has 0 radical (unpaired) electrons. The summed E-state index contributed by atoms with van der Waals surface area (Å²) in [5.74, 6) is 0.610. The SMILES string of the molecule is Cc1ccc(-c2ccc(OCC#N)cc2Br)n(C)c1=O. The number of hydrogen-bond donors (Lipinski definition) is 0. The van der Waals surface area contributed by atoms with E-state index in [2.05, 4.69) is 15.9 Å². The van der Waals surface area contributed by atoms with Crippen molar-refractivity contribution in [1.82, 2.24) is 4.57 Å². The maximum absolute atomic E-state index is 12.0. The standard InChI is InChI=1S/C15H13BrN2O2/c1-10-3-6-14(18(2)15(10)19)12-5-4-11(9-13(12)16)20-8-7-17/h3-6,9H,8H2,1-2H3. The molecule has 102 valence electrons. The van der Waals surface area contributed by atoms with Crippen molar-refractivity contribution < 1.29 is 4.74 Å². The Labute approximate surface area is 125 Å². The minimum atomic E-state index is -0.0146. The van der Waals surface area contributed by atoms with Gasteiger partial charge in [-0.15, -0.1) is 0 Å². The number of halogens is 1. The number of aromatic nitrogens is 1.